The molecule has 1 aromatic rings. The van der Waals surface area contributed by atoms with Crippen LogP contribution in [0.2, 0.25) is 0 Å². The van der Waals surface area contributed by atoms with Gasteiger partial charge in [-0.1, -0.05) is 84.0 Å². The van der Waals surface area contributed by atoms with Crippen molar-refractivity contribution in [2.75, 3.05) is 0 Å². The van der Waals surface area contributed by atoms with E-state index in [1.54, 1.807) is 12.4 Å². The molecular weight excluding hydrogens is 282 g/mol. The number of rotatable bonds is 15. The van der Waals surface area contributed by atoms with Crippen LogP contribution in [-0.4, -0.2) is 10.8 Å². The van der Waals surface area contributed by atoms with E-state index in [2.05, 4.69) is 11.9 Å². The Morgan fingerprint density at radius 1 is 0.739 bits per heavy atom. The summed E-state index contributed by atoms with van der Waals surface area (Å²) in [5, 5.41) is 0. The zero-order valence-corrected chi connectivity index (χ0v) is 15.1. The van der Waals surface area contributed by atoms with E-state index in [1.165, 1.54) is 77.0 Å². The lowest BCUT2D eigenvalue weighted by Gasteiger charge is -2.03. The summed E-state index contributed by atoms with van der Waals surface area (Å²) in [5.41, 5.74) is 0.805. The summed E-state index contributed by atoms with van der Waals surface area (Å²) in [6.07, 6.45) is 21.5. The number of hydrogen-bond donors (Lipinski definition) is 0. The molecule has 0 unspecified atom stereocenters. The van der Waals surface area contributed by atoms with Crippen molar-refractivity contribution in [3.05, 3.63) is 30.1 Å². The number of carbonyl (C=O) groups excluding carboxylic acids is 1. The van der Waals surface area contributed by atoms with Crippen LogP contribution in [0.1, 0.15) is 107 Å². The van der Waals surface area contributed by atoms with Gasteiger partial charge in [-0.3, -0.25) is 9.78 Å². The van der Waals surface area contributed by atoms with Crippen molar-refractivity contribution in [1.82, 2.24) is 4.98 Å². The van der Waals surface area contributed by atoms with Crippen molar-refractivity contribution in [2.24, 2.45) is 0 Å². The predicted molar refractivity (Wildman–Crippen MR) is 98.9 cm³/mol. The lowest BCUT2D eigenvalue weighted by Crippen LogP contribution is -1.98. The zero-order valence-electron chi connectivity index (χ0n) is 15.1. The number of pyridine rings is 1. The van der Waals surface area contributed by atoms with Crippen LogP contribution in [0.25, 0.3) is 0 Å². The van der Waals surface area contributed by atoms with Gasteiger partial charge >= 0.3 is 0 Å². The third-order valence-corrected chi connectivity index (χ3v) is 4.51. The van der Waals surface area contributed by atoms with E-state index in [1.807, 2.05) is 12.1 Å². The zero-order chi connectivity index (χ0) is 16.6. The molecule has 0 aliphatic rings. The molecule has 23 heavy (non-hydrogen) atoms. The molecule has 130 valence electrons. The van der Waals surface area contributed by atoms with E-state index in [4.69, 9.17) is 0 Å². The van der Waals surface area contributed by atoms with Crippen LogP contribution in [0.3, 0.4) is 0 Å². The molecular formula is C21H35NO. The molecule has 0 bridgehead atoms. The number of hydrogen-bond acceptors (Lipinski definition) is 2. The Kier molecular flexibility index (Phi) is 12.5. The Morgan fingerprint density at radius 3 is 1.65 bits per heavy atom. The SMILES string of the molecule is CCCCCCCCCCCCCCCC(=O)c1ccncc1. The fourth-order valence-corrected chi connectivity index (χ4v) is 2.99. The second-order valence-electron chi connectivity index (χ2n) is 6.65. The molecule has 0 aliphatic heterocycles. The number of aromatic nitrogens is 1. The third kappa shape index (κ3) is 11.1. The summed E-state index contributed by atoms with van der Waals surface area (Å²) in [4.78, 5) is 15.9. The van der Waals surface area contributed by atoms with Crippen molar-refractivity contribution >= 4 is 5.78 Å². The van der Waals surface area contributed by atoms with Gasteiger partial charge in [-0.25, -0.2) is 0 Å². The normalized spacial score (nSPS) is 10.8. The number of Topliss-reactive ketones (excluding diaryl/α,β-unsaturated/α-hetero) is 1. The Morgan fingerprint density at radius 2 is 1.17 bits per heavy atom. The molecule has 2 heteroatoms. The fourth-order valence-electron chi connectivity index (χ4n) is 2.99. The number of unbranched alkanes of at least 4 members (excludes halogenated alkanes) is 12. The average Bonchev–Trinajstić information content (AvgIpc) is 2.59. The fraction of sp³-hybridized carbons (Fsp3) is 0.714. The minimum absolute atomic E-state index is 0.260. The smallest absolute Gasteiger partial charge is 0.162 e. The highest BCUT2D eigenvalue weighted by molar-refractivity contribution is 5.95. The second kappa shape index (κ2) is 14.4. The van der Waals surface area contributed by atoms with Crippen LogP contribution in [0, 0.1) is 0 Å². The maximum Gasteiger partial charge on any atom is 0.162 e. The topological polar surface area (TPSA) is 30.0 Å². The molecule has 0 aliphatic carbocycles. The number of carbonyl (C=O) groups is 1. The Hall–Kier alpha value is -1.18. The molecule has 2 nitrogen and oxygen atoms in total. The van der Waals surface area contributed by atoms with Gasteiger partial charge in [0, 0.05) is 24.4 Å². The van der Waals surface area contributed by atoms with Gasteiger partial charge in [0.25, 0.3) is 0 Å². The van der Waals surface area contributed by atoms with Gasteiger partial charge in [-0.05, 0) is 18.6 Å². The molecule has 0 radical (unpaired) electrons. The monoisotopic (exact) mass is 317 g/mol. The highest BCUT2D eigenvalue weighted by Gasteiger charge is 2.04. The van der Waals surface area contributed by atoms with Gasteiger partial charge in [0.1, 0.15) is 0 Å². The molecule has 0 spiro atoms. The predicted octanol–water partition coefficient (Wildman–Crippen LogP) is 6.75. The van der Waals surface area contributed by atoms with Crippen molar-refractivity contribution in [2.45, 2.75) is 96.8 Å². The van der Waals surface area contributed by atoms with Gasteiger partial charge in [-0.15, -0.1) is 0 Å². The molecule has 0 atom stereocenters. The van der Waals surface area contributed by atoms with Gasteiger partial charge < -0.3 is 0 Å². The first-order valence-electron chi connectivity index (χ1n) is 9.78. The maximum absolute atomic E-state index is 11.9. The largest absolute Gasteiger partial charge is 0.294 e. The van der Waals surface area contributed by atoms with E-state index in [0.717, 1.165) is 12.0 Å². The molecule has 1 heterocycles. The lowest BCUT2D eigenvalue weighted by atomic mass is 10.0. The Labute approximate surface area is 143 Å². The first kappa shape index (κ1) is 19.9. The molecule has 0 aromatic carbocycles. The minimum Gasteiger partial charge on any atom is -0.294 e. The molecule has 0 saturated heterocycles. The molecule has 0 N–H and O–H groups in total. The second-order valence-corrected chi connectivity index (χ2v) is 6.65. The minimum atomic E-state index is 0.260. The first-order chi connectivity index (χ1) is 11.3. The van der Waals surface area contributed by atoms with Crippen LogP contribution in [0.5, 0.6) is 0 Å². The van der Waals surface area contributed by atoms with E-state index >= 15 is 0 Å². The van der Waals surface area contributed by atoms with Crippen molar-refractivity contribution in [3.63, 3.8) is 0 Å². The lowest BCUT2D eigenvalue weighted by molar-refractivity contribution is 0.0979. The molecule has 1 aromatic heterocycles. The van der Waals surface area contributed by atoms with E-state index in [9.17, 15) is 4.79 Å². The summed E-state index contributed by atoms with van der Waals surface area (Å²) in [6, 6.07) is 3.62. The van der Waals surface area contributed by atoms with Gasteiger partial charge in [0.15, 0.2) is 5.78 Å². The summed E-state index contributed by atoms with van der Waals surface area (Å²) in [7, 11) is 0. The Bertz CT molecular complexity index is 388. The van der Waals surface area contributed by atoms with Crippen molar-refractivity contribution in [3.8, 4) is 0 Å². The summed E-state index contributed by atoms with van der Waals surface area (Å²) >= 11 is 0. The summed E-state index contributed by atoms with van der Waals surface area (Å²) in [5.74, 6) is 0.260. The van der Waals surface area contributed by atoms with E-state index < -0.39 is 0 Å². The highest BCUT2D eigenvalue weighted by atomic mass is 16.1. The van der Waals surface area contributed by atoms with Crippen molar-refractivity contribution in [1.29, 1.82) is 0 Å². The van der Waals surface area contributed by atoms with Gasteiger partial charge in [-0.2, -0.15) is 0 Å². The molecule has 0 saturated carbocycles. The first-order valence-corrected chi connectivity index (χ1v) is 9.78. The van der Waals surface area contributed by atoms with E-state index in [0.29, 0.717) is 6.42 Å². The maximum atomic E-state index is 11.9. The number of ketones is 1. The van der Waals surface area contributed by atoms with Crippen molar-refractivity contribution < 1.29 is 4.79 Å². The quantitative estimate of drug-likeness (QED) is 0.264. The van der Waals surface area contributed by atoms with Crippen LogP contribution in [0.4, 0.5) is 0 Å². The Balaban J connectivity index is 1.82. The van der Waals surface area contributed by atoms with Crippen LogP contribution >= 0.6 is 0 Å². The van der Waals surface area contributed by atoms with Crippen LogP contribution in [-0.2, 0) is 0 Å². The van der Waals surface area contributed by atoms with E-state index in [-0.39, 0.29) is 5.78 Å². The van der Waals surface area contributed by atoms with Crippen LogP contribution in [0.15, 0.2) is 24.5 Å². The highest BCUT2D eigenvalue weighted by Crippen LogP contribution is 2.13. The number of nitrogens with zero attached hydrogens (tertiary/aromatic N) is 1. The average molecular weight is 318 g/mol. The standard InChI is InChI=1S/C21H35NO/c1-2-3-4-5-6-7-8-9-10-11-12-13-14-15-21(23)20-16-18-22-19-17-20/h16-19H,2-15H2,1H3. The van der Waals surface area contributed by atoms with Gasteiger partial charge in [0.2, 0.25) is 0 Å². The van der Waals surface area contributed by atoms with Crippen LogP contribution < -0.4 is 0 Å². The molecule has 1 rings (SSSR count). The summed E-state index contributed by atoms with van der Waals surface area (Å²) < 4.78 is 0. The molecule has 0 fully saturated rings. The third-order valence-electron chi connectivity index (χ3n) is 4.51. The molecule has 0 amide bonds. The summed E-state index contributed by atoms with van der Waals surface area (Å²) in [6.45, 7) is 2.27. The van der Waals surface area contributed by atoms with Gasteiger partial charge in [0.05, 0.1) is 0 Å².